The van der Waals surface area contributed by atoms with Crippen LogP contribution in [0.2, 0.25) is 0 Å². The van der Waals surface area contributed by atoms with Crippen molar-refractivity contribution in [3.05, 3.63) is 51.6 Å². The van der Waals surface area contributed by atoms with Crippen LogP contribution in [-0.2, 0) is 0 Å². The second kappa shape index (κ2) is 4.87. The van der Waals surface area contributed by atoms with Crippen molar-refractivity contribution < 1.29 is 8.78 Å². The van der Waals surface area contributed by atoms with E-state index in [1.165, 1.54) is 6.07 Å². The number of anilines is 3. The van der Waals surface area contributed by atoms with E-state index in [4.69, 9.17) is 5.73 Å². The maximum Gasteiger partial charge on any atom is 0.160 e. The lowest BCUT2D eigenvalue weighted by Gasteiger charge is -2.09. The lowest BCUT2D eigenvalue weighted by atomic mass is 10.2. The molecule has 88 valence electrons. The normalized spacial score (nSPS) is 10.3. The number of nitrogens with one attached hydrogen (secondary N) is 1. The number of hydrogen-bond donors (Lipinski definition) is 2. The third-order valence-electron chi connectivity index (χ3n) is 2.19. The average molecular weight is 346 g/mol. The van der Waals surface area contributed by atoms with Crippen molar-refractivity contribution in [3.63, 3.8) is 0 Å². The predicted molar refractivity (Wildman–Crippen MR) is 73.2 cm³/mol. The predicted octanol–water partition coefficient (Wildman–Crippen LogP) is 3.90. The van der Waals surface area contributed by atoms with Crippen molar-refractivity contribution in [1.82, 2.24) is 0 Å². The Morgan fingerprint density at radius 1 is 1.00 bits per heavy atom. The number of nitrogen functional groups attached to an aromatic ring is 1. The summed E-state index contributed by atoms with van der Waals surface area (Å²) in [5, 5.41) is 3.00. The van der Waals surface area contributed by atoms with Gasteiger partial charge in [0.2, 0.25) is 0 Å². The van der Waals surface area contributed by atoms with Crippen LogP contribution in [-0.4, -0.2) is 0 Å². The summed E-state index contributed by atoms with van der Waals surface area (Å²) in [6.07, 6.45) is 0. The molecule has 0 aliphatic heterocycles. The SMILES string of the molecule is Nc1ccc(Nc2ccc(F)c(F)c2)c(I)c1. The lowest BCUT2D eigenvalue weighted by Crippen LogP contribution is -1.96. The van der Waals surface area contributed by atoms with Crippen LogP contribution in [0.4, 0.5) is 25.8 Å². The van der Waals surface area contributed by atoms with Crippen LogP contribution in [0.15, 0.2) is 36.4 Å². The first-order valence-corrected chi connectivity index (χ1v) is 5.91. The van der Waals surface area contributed by atoms with Crippen LogP contribution in [0, 0.1) is 15.2 Å². The molecule has 3 N–H and O–H groups in total. The largest absolute Gasteiger partial charge is 0.399 e. The van der Waals surface area contributed by atoms with Crippen LogP contribution < -0.4 is 11.1 Å². The second-order valence-electron chi connectivity index (χ2n) is 3.49. The highest BCUT2D eigenvalue weighted by Crippen LogP contribution is 2.25. The molecular formula is C12H9F2IN2. The Morgan fingerprint density at radius 3 is 2.41 bits per heavy atom. The van der Waals surface area contributed by atoms with Gasteiger partial charge >= 0.3 is 0 Å². The summed E-state index contributed by atoms with van der Waals surface area (Å²) in [7, 11) is 0. The fourth-order valence-corrected chi connectivity index (χ4v) is 2.04. The van der Waals surface area contributed by atoms with Crippen molar-refractivity contribution in [2.45, 2.75) is 0 Å². The monoisotopic (exact) mass is 346 g/mol. The standard InChI is InChI=1S/C12H9F2IN2/c13-9-3-2-8(6-10(9)14)17-12-4-1-7(16)5-11(12)15/h1-6,17H,16H2. The number of benzene rings is 2. The maximum absolute atomic E-state index is 13.0. The minimum Gasteiger partial charge on any atom is -0.399 e. The molecule has 0 aliphatic carbocycles. The molecule has 2 aromatic carbocycles. The zero-order valence-corrected chi connectivity index (χ0v) is 10.8. The summed E-state index contributed by atoms with van der Waals surface area (Å²) in [4.78, 5) is 0. The second-order valence-corrected chi connectivity index (χ2v) is 4.66. The Bertz CT molecular complexity index is 558. The number of halogens is 3. The molecule has 0 amide bonds. The first-order valence-electron chi connectivity index (χ1n) is 4.83. The highest BCUT2D eigenvalue weighted by molar-refractivity contribution is 14.1. The molecule has 0 bridgehead atoms. The van der Waals surface area contributed by atoms with Crippen molar-refractivity contribution in [1.29, 1.82) is 0 Å². The summed E-state index contributed by atoms with van der Waals surface area (Å²) < 4.78 is 26.7. The molecule has 0 spiro atoms. The van der Waals surface area contributed by atoms with Crippen LogP contribution in [0.3, 0.4) is 0 Å². The van der Waals surface area contributed by atoms with Crippen LogP contribution in [0.25, 0.3) is 0 Å². The topological polar surface area (TPSA) is 38.0 Å². The molecular weight excluding hydrogens is 337 g/mol. The molecule has 0 fully saturated rings. The van der Waals surface area contributed by atoms with E-state index in [2.05, 4.69) is 27.9 Å². The first kappa shape index (κ1) is 12.1. The first-order chi connectivity index (χ1) is 8.06. The quantitative estimate of drug-likeness (QED) is 0.640. The number of rotatable bonds is 2. The number of hydrogen-bond acceptors (Lipinski definition) is 2. The minimum atomic E-state index is -0.875. The van der Waals surface area contributed by atoms with Crippen molar-refractivity contribution >= 4 is 39.7 Å². The van der Waals surface area contributed by atoms with Crippen LogP contribution in [0.1, 0.15) is 0 Å². The highest BCUT2D eigenvalue weighted by atomic mass is 127. The van der Waals surface area contributed by atoms with E-state index in [9.17, 15) is 8.78 Å². The van der Waals surface area contributed by atoms with Gasteiger partial charge in [-0.2, -0.15) is 0 Å². The van der Waals surface area contributed by atoms with Crippen LogP contribution in [0.5, 0.6) is 0 Å². The highest BCUT2D eigenvalue weighted by Gasteiger charge is 2.04. The Labute approximate surface area is 111 Å². The molecule has 5 heteroatoms. The van der Waals surface area contributed by atoms with E-state index < -0.39 is 11.6 Å². The van der Waals surface area contributed by atoms with Gasteiger partial charge in [0.15, 0.2) is 11.6 Å². The van der Waals surface area contributed by atoms with Gasteiger partial charge in [-0.05, 0) is 52.9 Å². The van der Waals surface area contributed by atoms with E-state index in [0.29, 0.717) is 11.4 Å². The summed E-state index contributed by atoms with van der Waals surface area (Å²) in [6.45, 7) is 0. The molecule has 2 rings (SSSR count). The summed E-state index contributed by atoms with van der Waals surface area (Å²) in [5.74, 6) is -1.73. The molecule has 0 unspecified atom stereocenters. The zero-order valence-electron chi connectivity index (χ0n) is 8.68. The average Bonchev–Trinajstić information content (AvgIpc) is 2.27. The van der Waals surface area contributed by atoms with E-state index in [-0.39, 0.29) is 0 Å². The Hall–Kier alpha value is -1.37. The molecule has 0 radical (unpaired) electrons. The molecule has 2 nitrogen and oxygen atoms in total. The summed E-state index contributed by atoms with van der Waals surface area (Å²) >= 11 is 2.12. The van der Waals surface area contributed by atoms with Crippen molar-refractivity contribution in [2.24, 2.45) is 0 Å². The molecule has 0 heterocycles. The summed E-state index contributed by atoms with van der Waals surface area (Å²) in [6, 6.07) is 9.00. The van der Waals surface area contributed by atoms with Gasteiger partial charge in [0, 0.05) is 21.0 Å². The summed E-state index contributed by atoms with van der Waals surface area (Å²) in [5.41, 5.74) is 7.57. The zero-order chi connectivity index (χ0) is 12.4. The smallest absolute Gasteiger partial charge is 0.160 e. The fraction of sp³-hybridized carbons (Fsp3) is 0. The van der Waals surface area contributed by atoms with E-state index >= 15 is 0 Å². The maximum atomic E-state index is 13.0. The Kier molecular flexibility index (Phi) is 3.46. The van der Waals surface area contributed by atoms with Crippen LogP contribution >= 0.6 is 22.6 Å². The molecule has 2 aromatic rings. The van der Waals surface area contributed by atoms with Gasteiger partial charge in [-0.25, -0.2) is 8.78 Å². The molecule has 0 saturated heterocycles. The van der Waals surface area contributed by atoms with Gasteiger partial charge in [0.1, 0.15) is 0 Å². The Balaban J connectivity index is 2.28. The van der Waals surface area contributed by atoms with Gasteiger partial charge < -0.3 is 11.1 Å². The third kappa shape index (κ3) is 2.85. The third-order valence-corrected chi connectivity index (χ3v) is 3.08. The van der Waals surface area contributed by atoms with Crippen molar-refractivity contribution in [2.75, 3.05) is 11.1 Å². The van der Waals surface area contributed by atoms with E-state index in [1.54, 1.807) is 18.2 Å². The van der Waals surface area contributed by atoms with Gasteiger partial charge in [-0.3, -0.25) is 0 Å². The Morgan fingerprint density at radius 2 is 1.76 bits per heavy atom. The van der Waals surface area contributed by atoms with E-state index in [1.807, 2.05) is 0 Å². The lowest BCUT2D eigenvalue weighted by molar-refractivity contribution is 0.509. The number of nitrogens with two attached hydrogens (primary N) is 1. The van der Waals surface area contributed by atoms with Gasteiger partial charge in [-0.15, -0.1) is 0 Å². The molecule has 0 atom stereocenters. The van der Waals surface area contributed by atoms with Gasteiger partial charge in [0.25, 0.3) is 0 Å². The fourth-order valence-electron chi connectivity index (χ4n) is 1.36. The molecule has 0 aliphatic rings. The van der Waals surface area contributed by atoms with Gasteiger partial charge in [0.05, 0.1) is 5.69 Å². The van der Waals surface area contributed by atoms with Crippen molar-refractivity contribution in [3.8, 4) is 0 Å². The van der Waals surface area contributed by atoms with Gasteiger partial charge in [-0.1, -0.05) is 0 Å². The molecule has 17 heavy (non-hydrogen) atoms. The molecule has 0 saturated carbocycles. The minimum absolute atomic E-state index is 0.492. The van der Waals surface area contributed by atoms with E-state index in [0.717, 1.165) is 21.4 Å². The molecule has 0 aromatic heterocycles.